The van der Waals surface area contributed by atoms with Gasteiger partial charge in [0.2, 0.25) is 0 Å². The maximum absolute atomic E-state index is 11.8. The van der Waals surface area contributed by atoms with Gasteiger partial charge in [-0.1, -0.05) is 0 Å². The molecule has 0 radical (unpaired) electrons. The Morgan fingerprint density at radius 1 is 1.67 bits per heavy atom. The van der Waals surface area contributed by atoms with Gasteiger partial charge in [-0.05, 0) is 47.8 Å². The lowest BCUT2D eigenvalue weighted by atomic mass is 9.98. The Morgan fingerprint density at radius 3 is 3.22 bits per heavy atom. The van der Waals surface area contributed by atoms with Crippen molar-refractivity contribution < 1.29 is 9.53 Å². The van der Waals surface area contributed by atoms with Gasteiger partial charge in [0.05, 0.1) is 17.0 Å². The van der Waals surface area contributed by atoms with Crippen molar-refractivity contribution in [1.29, 1.82) is 0 Å². The molecule has 1 unspecified atom stereocenters. The summed E-state index contributed by atoms with van der Waals surface area (Å²) in [6.07, 6.45) is 3.67. The van der Waals surface area contributed by atoms with E-state index in [2.05, 4.69) is 25.8 Å². The number of hydrogen-bond acceptors (Lipinski definition) is 4. The Kier molecular flexibility index (Phi) is 4.58. The van der Waals surface area contributed by atoms with Crippen molar-refractivity contribution in [3.63, 3.8) is 0 Å². The van der Waals surface area contributed by atoms with Crippen LogP contribution in [-0.2, 0) is 9.53 Å². The number of pyridine rings is 1. The topological polar surface area (TPSA) is 42.4 Å². The second-order valence-electron chi connectivity index (χ2n) is 4.35. The summed E-state index contributed by atoms with van der Waals surface area (Å²) in [5.41, 5.74) is 0. The molecule has 0 aromatic carbocycles. The van der Waals surface area contributed by atoms with Crippen LogP contribution >= 0.6 is 15.9 Å². The molecule has 0 amide bonds. The lowest BCUT2D eigenvalue weighted by molar-refractivity contribution is -0.148. The van der Waals surface area contributed by atoms with Gasteiger partial charge < -0.3 is 9.64 Å². The smallest absolute Gasteiger partial charge is 0.310 e. The number of esters is 1. The molecule has 0 aliphatic carbocycles. The van der Waals surface area contributed by atoms with Crippen molar-refractivity contribution in [3.05, 3.63) is 22.8 Å². The summed E-state index contributed by atoms with van der Waals surface area (Å²) in [4.78, 5) is 18.3. The highest BCUT2D eigenvalue weighted by Gasteiger charge is 2.28. The van der Waals surface area contributed by atoms with Gasteiger partial charge in [0.25, 0.3) is 0 Å². The maximum atomic E-state index is 11.8. The first-order valence-electron chi connectivity index (χ1n) is 6.24. The van der Waals surface area contributed by atoms with E-state index in [-0.39, 0.29) is 11.9 Å². The minimum Gasteiger partial charge on any atom is -0.466 e. The summed E-state index contributed by atoms with van der Waals surface area (Å²) in [5.74, 6) is 0.786. The van der Waals surface area contributed by atoms with E-state index >= 15 is 0 Å². The fourth-order valence-electron chi connectivity index (χ4n) is 2.23. The zero-order valence-corrected chi connectivity index (χ0v) is 12.0. The van der Waals surface area contributed by atoms with Crippen molar-refractivity contribution in [2.75, 3.05) is 24.6 Å². The van der Waals surface area contributed by atoms with Crippen molar-refractivity contribution in [1.82, 2.24) is 4.98 Å². The first kappa shape index (κ1) is 13.3. The summed E-state index contributed by atoms with van der Waals surface area (Å²) >= 11 is 3.50. The minimum absolute atomic E-state index is 0.0346. The zero-order chi connectivity index (χ0) is 13.0. The molecule has 1 aromatic rings. The second-order valence-corrected chi connectivity index (χ2v) is 5.20. The molecule has 2 heterocycles. The van der Waals surface area contributed by atoms with E-state index in [0.717, 1.165) is 29.7 Å². The van der Waals surface area contributed by atoms with Crippen LogP contribution in [0.25, 0.3) is 0 Å². The predicted octanol–water partition coefficient (Wildman–Crippen LogP) is 2.62. The third-order valence-corrected chi connectivity index (χ3v) is 3.70. The fraction of sp³-hybridized carbons (Fsp3) is 0.538. The summed E-state index contributed by atoms with van der Waals surface area (Å²) in [5, 5.41) is 0. The van der Waals surface area contributed by atoms with Gasteiger partial charge in [-0.25, -0.2) is 4.98 Å². The molecular formula is C13H17BrN2O2. The van der Waals surface area contributed by atoms with Crippen LogP contribution in [0.4, 0.5) is 5.82 Å². The second kappa shape index (κ2) is 6.18. The van der Waals surface area contributed by atoms with Gasteiger partial charge in [0.15, 0.2) is 0 Å². The van der Waals surface area contributed by atoms with Crippen molar-refractivity contribution in [2.45, 2.75) is 19.8 Å². The standard InChI is InChI=1S/C13H17BrN2O2/c1-2-18-13(17)10-5-4-8-16(9-10)12-11(14)6-3-7-15-12/h3,6-7,10H,2,4-5,8-9H2,1H3. The van der Waals surface area contributed by atoms with Crippen LogP contribution in [0.15, 0.2) is 22.8 Å². The summed E-state index contributed by atoms with van der Waals surface area (Å²) in [7, 11) is 0. The Hall–Kier alpha value is -1.10. The zero-order valence-electron chi connectivity index (χ0n) is 10.4. The van der Waals surface area contributed by atoms with E-state index < -0.39 is 0 Å². The number of carbonyl (C=O) groups excluding carboxylic acids is 1. The largest absolute Gasteiger partial charge is 0.466 e. The van der Waals surface area contributed by atoms with Gasteiger partial charge in [-0.2, -0.15) is 0 Å². The first-order valence-corrected chi connectivity index (χ1v) is 7.03. The van der Waals surface area contributed by atoms with Crippen LogP contribution in [0.3, 0.4) is 0 Å². The van der Waals surface area contributed by atoms with Crippen LogP contribution in [0.5, 0.6) is 0 Å². The van der Waals surface area contributed by atoms with Gasteiger partial charge in [0.1, 0.15) is 5.82 Å². The molecule has 1 aromatic heterocycles. The number of anilines is 1. The van der Waals surface area contributed by atoms with E-state index in [4.69, 9.17) is 4.74 Å². The highest BCUT2D eigenvalue weighted by molar-refractivity contribution is 9.10. The number of ether oxygens (including phenoxy) is 1. The number of aromatic nitrogens is 1. The number of halogens is 1. The molecule has 1 aliphatic rings. The maximum Gasteiger partial charge on any atom is 0.310 e. The average molecular weight is 313 g/mol. The van der Waals surface area contributed by atoms with Crippen molar-refractivity contribution >= 4 is 27.7 Å². The Bertz CT molecular complexity index is 425. The third kappa shape index (κ3) is 3.02. The van der Waals surface area contributed by atoms with Crippen molar-refractivity contribution in [2.24, 2.45) is 5.92 Å². The van der Waals surface area contributed by atoms with Crippen LogP contribution < -0.4 is 4.90 Å². The molecule has 5 heteroatoms. The van der Waals surface area contributed by atoms with Gasteiger partial charge >= 0.3 is 5.97 Å². The molecule has 0 N–H and O–H groups in total. The summed E-state index contributed by atoms with van der Waals surface area (Å²) in [6.45, 7) is 3.91. The summed E-state index contributed by atoms with van der Waals surface area (Å²) < 4.78 is 6.07. The number of carbonyl (C=O) groups is 1. The van der Waals surface area contributed by atoms with Crippen LogP contribution in [-0.4, -0.2) is 30.6 Å². The molecule has 98 valence electrons. The highest BCUT2D eigenvalue weighted by atomic mass is 79.9. The third-order valence-electron chi connectivity index (χ3n) is 3.08. The number of rotatable bonds is 3. The molecule has 0 bridgehead atoms. The van der Waals surface area contributed by atoms with Crippen LogP contribution in [0.2, 0.25) is 0 Å². The molecule has 2 rings (SSSR count). The van der Waals surface area contributed by atoms with Gasteiger partial charge in [-0.3, -0.25) is 4.79 Å². The number of nitrogens with zero attached hydrogens (tertiary/aromatic N) is 2. The van der Waals surface area contributed by atoms with E-state index in [1.807, 2.05) is 19.1 Å². The number of hydrogen-bond donors (Lipinski definition) is 0. The van der Waals surface area contributed by atoms with Crippen molar-refractivity contribution in [3.8, 4) is 0 Å². The number of piperidine rings is 1. The van der Waals surface area contributed by atoms with E-state index in [1.54, 1.807) is 6.20 Å². The molecule has 1 aliphatic heterocycles. The summed E-state index contributed by atoms with van der Waals surface area (Å²) in [6, 6.07) is 3.86. The molecule has 4 nitrogen and oxygen atoms in total. The van der Waals surface area contributed by atoms with E-state index in [0.29, 0.717) is 13.2 Å². The Labute approximate surface area is 115 Å². The SMILES string of the molecule is CCOC(=O)C1CCCN(c2ncccc2Br)C1. The van der Waals surface area contributed by atoms with Gasteiger partial charge in [-0.15, -0.1) is 0 Å². The molecular weight excluding hydrogens is 296 g/mol. The quantitative estimate of drug-likeness (QED) is 0.805. The molecule has 18 heavy (non-hydrogen) atoms. The average Bonchev–Trinajstić information content (AvgIpc) is 2.40. The van der Waals surface area contributed by atoms with Crippen LogP contribution in [0, 0.1) is 5.92 Å². The molecule has 0 spiro atoms. The normalized spacial score (nSPS) is 19.7. The van der Waals surface area contributed by atoms with Crippen LogP contribution in [0.1, 0.15) is 19.8 Å². The van der Waals surface area contributed by atoms with E-state index in [1.165, 1.54) is 0 Å². The lowest BCUT2D eigenvalue weighted by Crippen LogP contribution is -2.40. The molecule has 1 fully saturated rings. The monoisotopic (exact) mass is 312 g/mol. The molecule has 0 saturated carbocycles. The Balaban J connectivity index is 2.07. The lowest BCUT2D eigenvalue weighted by Gasteiger charge is -2.32. The molecule has 1 atom stereocenters. The highest BCUT2D eigenvalue weighted by Crippen LogP contribution is 2.28. The fourth-order valence-corrected chi connectivity index (χ4v) is 2.74. The predicted molar refractivity (Wildman–Crippen MR) is 73.5 cm³/mol. The van der Waals surface area contributed by atoms with Gasteiger partial charge in [0, 0.05) is 19.3 Å². The van der Waals surface area contributed by atoms with E-state index in [9.17, 15) is 4.79 Å². The first-order chi connectivity index (χ1) is 8.72. The minimum atomic E-state index is -0.0887. The Morgan fingerprint density at radius 2 is 2.50 bits per heavy atom. The molecule has 1 saturated heterocycles.